The van der Waals surface area contributed by atoms with Crippen LogP contribution in [0.2, 0.25) is 0 Å². The molecule has 1 aromatic heterocycles. The topological polar surface area (TPSA) is 48.1 Å². The van der Waals surface area contributed by atoms with E-state index in [0.717, 1.165) is 48.1 Å². The molecule has 0 saturated carbocycles. The highest BCUT2D eigenvalue weighted by Gasteiger charge is 2.22. The van der Waals surface area contributed by atoms with Gasteiger partial charge in [-0.05, 0) is 51.3 Å². The Bertz CT molecular complexity index is 696. The maximum Gasteiger partial charge on any atom is 0.253 e. The molecule has 1 amide bonds. The van der Waals surface area contributed by atoms with Gasteiger partial charge < -0.3 is 15.2 Å². The summed E-state index contributed by atoms with van der Waals surface area (Å²) in [6.07, 6.45) is 3.29. The number of nitrogens with one attached hydrogen (secondary N) is 2. The smallest absolute Gasteiger partial charge is 0.253 e. The molecule has 2 N–H and O–H groups in total. The molecule has 1 fully saturated rings. The van der Waals surface area contributed by atoms with E-state index in [-0.39, 0.29) is 5.91 Å². The molecule has 0 radical (unpaired) electrons. The predicted octanol–water partition coefficient (Wildman–Crippen LogP) is 3.39. The summed E-state index contributed by atoms with van der Waals surface area (Å²) < 4.78 is 0. The summed E-state index contributed by atoms with van der Waals surface area (Å²) in [6, 6.07) is 6.26. The molecule has 0 atom stereocenters. The number of amides is 1. The number of fused-ring (bicyclic) bond motifs is 1. The van der Waals surface area contributed by atoms with E-state index in [4.69, 9.17) is 0 Å². The highest BCUT2D eigenvalue weighted by molar-refractivity contribution is 6.06. The first kappa shape index (κ1) is 16.1. The summed E-state index contributed by atoms with van der Waals surface area (Å²) >= 11 is 0. The Morgan fingerprint density at radius 3 is 2.74 bits per heavy atom. The molecule has 124 valence electrons. The molecule has 3 rings (SSSR count). The second-order valence-electron chi connectivity index (χ2n) is 6.69. The van der Waals surface area contributed by atoms with Crippen molar-refractivity contribution >= 4 is 16.8 Å². The number of aryl methyl sites for hydroxylation is 2. The number of hydrogen-bond donors (Lipinski definition) is 2. The van der Waals surface area contributed by atoms with Crippen LogP contribution in [0, 0.1) is 13.8 Å². The quantitative estimate of drug-likeness (QED) is 0.909. The number of aromatic nitrogens is 1. The molecule has 4 heteroatoms. The summed E-state index contributed by atoms with van der Waals surface area (Å²) in [6.45, 7) is 9.71. The van der Waals surface area contributed by atoms with Crippen molar-refractivity contribution in [2.45, 2.75) is 46.1 Å². The molecule has 1 aliphatic heterocycles. The van der Waals surface area contributed by atoms with Crippen LogP contribution in [-0.2, 0) is 0 Å². The van der Waals surface area contributed by atoms with Crippen molar-refractivity contribution < 1.29 is 4.79 Å². The van der Waals surface area contributed by atoms with Crippen molar-refractivity contribution in [3.8, 4) is 0 Å². The van der Waals surface area contributed by atoms with Gasteiger partial charge in [0.2, 0.25) is 0 Å². The Kier molecular flexibility index (Phi) is 4.71. The van der Waals surface area contributed by atoms with E-state index in [0.29, 0.717) is 6.04 Å². The van der Waals surface area contributed by atoms with Crippen LogP contribution < -0.4 is 5.32 Å². The van der Waals surface area contributed by atoms with Gasteiger partial charge in [0.25, 0.3) is 5.91 Å². The summed E-state index contributed by atoms with van der Waals surface area (Å²) in [4.78, 5) is 18.6. The van der Waals surface area contributed by atoms with Crippen molar-refractivity contribution in [2.24, 2.45) is 0 Å². The first-order chi connectivity index (χ1) is 11.1. The van der Waals surface area contributed by atoms with E-state index in [1.165, 1.54) is 18.5 Å². The van der Waals surface area contributed by atoms with Crippen LogP contribution in [0.3, 0.4) is 0 Å². The monoisotopic (exact) mass is 313 g/mol. The number of carbonyl (C=O) groups is 1. The zero-order chi connectivity index (χ0) is 16.4. The Labute approximate surface area is 138 Å². The van der Waals surface area contributed by atoms with Crippen LogP contribution in [0.1, 0.15) is 47.8 Å². The molecule has 2 aromatic rings. The molecule has 2 heterocycles. The van der Waals surface area contributed by atoms with Gasteiger partial charge in [0.1, 0.15) is 0 Å². The van der Waals surface area contributed by atoms with Gasteiger partial charge in [-0.25, -0.2) is 0 Å². The minimum absolute atomic E-state index is 0.0470. The summed E-state index contributed by atoms with van der Waals surface area (Å²) in [7, 11) is 0. The second-order valence-corrected chi connectivity index (χ2v) is 6.69. The van der Waals surface area contributed by atoms with Gasteiger partial charge in [0.15, 0.2) is 0 Å². The van der Waals surface area contributed by atoms with E-state index in [1.54, 1.807) is 0 Å². The molecule has 4 nitrogen and oxygen atoms in total. The number of H-pyrrole nitrogens is 1. The van der Waals surface area contributed by atoms with E-state index in [1.807, 2.05) is 12.1 Å². The number of benzene rings is 1. The summed E-state index contributed by atoms with van der Waals surface area (Å²) in [5, 5.41) is 4.38. The van der Waals surface area contributed by atoms with E-state index >= 15 is 0 Å². The van der Waals surface area contributed by atoms with Crippen LogP contribution in [-0.4, -0.2) is 41.5 Å². The van der Waals surface area contributed by atoms with Crippen LogP contribution in [0.25, 0.3) is 10.9 Å². The van der Waals surface area contributed by atoms with Gasteiger partial charge in [-0.15, -0.1) is 0 Å². The third kappa shape index (κ3) is 3.27. The number of para-hydroxylation sites is 1. The van der Waals surface area contributed by atoms with E-state index in [2.05, 4.69) is 42.0 Å². The SMILES string of the molecule is CCCN1CCC(NC(=O)c2cccc3c(C)c(C)[nH]c23)CC1. The number of piperidine rings is 1. The lowest BCUT2D eigenvalue weighted by molar-refractivity contribution is 0.0912. The van der Waals surface area contributed by atoms with Crippen LogP contribution in [0.5, 0.6) is 0 Å². The fourth-order valence-electron chi connectivity index (χ4n) is 3.55. The third-order valence-electron chi connectivity index (χ3n) is 5.05. The zero-order valence-corrected chi connectivity index (χ0v) is 14.4. The van der Waals surface area contributed by atoms with Gasteiger partial charge >= 0.3 is 0 Å². The lowest BCUT2D eigenvalue weighted by Gasteiger charge is -2.32. The Morgan fingerprint density at radius 2 is 2.04 bits per heavy atom. The molecule has 0 bridgehead atoms. The fraction of sp³-hybridized carbons (Fsp3) is 0.526. The molecule has 0 spiro atoms. The van der Waals surface area contributed by atoms with Crippen molar-refractivity contribution in [1.82, 2.24) is 15.2 Å². The summed E-state index contributed by atoms with van der Waals surface area (Å²) in [5.74, 6) is 0.0470. The first-order valence-corrected chi connectivity index (χ1v) is 8.71. The number of rotatable bonds is 4. The molecule has 1 aliphatic rings. The molecular formula is C19H27N3O. The molecule has 0 aliphatic carbocycles. The van der Waals surface area contributed by atoms with Gasteiger partial charge in [0.05, 0.1) is 11.1 Å². The average Bonchev–Trinajstić information content (AvgIpc) is 2.84. The number of likely N-dealkylation sites (tertiary alicyclic amines) is 1. The largest absolute Gasteiger partial charge is 0.358 e. The second kappa shape index (κ2) is 6.75. The minimum Gasteiger partial charge on any atom is -0.358 e. The normalized spacial score (nSPS) is 16.8. The maximum atomic E-state index is 12.7. The van der Waals surface area contributed by atoms with E-state index in [9.17, 15) is 4.79 Å². The minimum atomic E-state index is 0.0470. The molecule has 0 unspecified atom stereocenters. The van der Waals surface area contributed by atoms with Crippen LogP contribution in [0.15, 0.2) is 18.2 Å². The van der Waals surface area contributed by atoms with Gasteiger partial charge in [-0.1, -0.05) is 19.1 Å². The fourth-order valence-corrected chi connectivity index (χ4v) is 3.55. The Hall–Kier alpha value is -1.81. The Morgan fingerprint density at radius 1 is 1.30 bits per heavy atom. The molecule has 1 aromatic carbocycles. The summed E-state index contributed by atoms with van der Waals surface area (Å²) in [5.41, 5.74) is 4.08. The maximum absolute atomic E-state index is 12.7. The van der Waals surface area contributed by atoms with Crippen molar-refractivity contribution in [3.63, 3.8) is 0 Å². The van der Waals surface area contributed by atoms with Gasteiger partial charge in [0, 0.05) is 30.2 Å². The average molecular weight is 313 g/mol. The van der Waals surface area contributed by atoms with Crippen LogP contribution >= 0.6 is 0 Å². The molecule has 23 heavy (non-hydrogen) atoms. The van der Waals surface area contributed by atoms with Crippen molar-refractivity contribution in [2.75, 3.05) is 19.6 Å². The molecule has 1 saturated heterocycles. The standard InChI is InChI=1S/C19H27N3O/c1-4-10-22-11-8-15(9-12-22)21-19(23)17-7-5-6-16-13(2)14(3)20-18(16)17/h5-7,15,20H,4,8-12H2,1-3H3,(H,21,23). The highest BCUT2D eigenvalue weighted by Crippen LogP contribution is 2.24. The number of nitrogens with zero attached hydrogens (tertiary/aromatic N) is 1. The molecular weight excluding hydrogens is 286 g/mol. The Balaban J connectivity index is 1.71. The number of carbonyl (C=O) groups excluding carboxylic acids is 1. The first-order valence-electron chi connectivity index (χ1n) is 8.71. The number of aromatic amines is 1. The third-order valence-corrected chi connectivity index (χ3v) is 5.05. The van der Waals surface area contributed by atoms with Gasteiger partial charge in [-0.2, -0.15) is 0 Å². The zero-order valence-electron chi connectivity index (χ0n) is 14.4. The number of hydrogen-bond acceptors (Lipinski definition) is 2. The lowest BCUT2D eigenvalue weighted by Crippen LogP contribution is -2.44. The van der Waals surface area contributed by atoms with Crippen LogP contribution in [0.4, 0.5) is 0 Å². The van der Waals surface area contributed by atoms with Gasteiger partial charge in [-0.3, -0.25) is 4.79 Å². The highest BCUT2D eigenvalue weighted by atomic mass is 16.1. The van der Waals surface area contributed by atoms with E-state index < -0.39 is 0 Å². The van der Waals surface area contributed by atoms with Crippen molar-refractivity contribution in [1.29, 1.82) is 0 Å². The lowest BCUT2D eigenvalue weighted by atomic mass is 10.0. The van der Waals surface area contributed by atoms with Crippen molar-refractivity contribution in [3.05, 3.63) is 35.0 Å². The predicted molar refractivity (Wildman–Crippen MR) is 95.0 cm³/mol.